The maximum atomic E-state index is 12.3. The summed E-state index contributed by atoms with van der Waals surface area (Å²) in [7, 11) is 2.00. The Morgan fingerprint density at radius 2 is 2.24 bits per heavy atom. The molecular formula is C19H19N3O2S. The minimum Gasteiger partial charge on any atom is -0.361 e. The van der Waals surface area contributed by atoms with Crippen LogP contribution in [0.25, 0.3) is 10.9 Å². The molecule has 0 saturated heterocycles. The number of ketones is 1. The second kappa shape index (κ2) is 6.44. The third-order valence-electron chi connectivity index (χ3n) is 4.58. The number of carbonyl (C=O) groups is 2. The van der Waals surface area contributed by atoms with Crippen molar-refractivity contribution in [2.24, 2.45) is 0 Å². The molecule has 1 atom stereocenters. The van der Waals surface area contributed by atoms with Gasteiger partial charge in [-0.2, -0.15) is 0 Å². The van der Waals surface area contributed by atoms with Crippen LogP contribution in [0.1, 0.15) is 23.3 Å². The van der Waals surface area contributed by atoms with E-state index in [0.717, 1.165) is 27.9 Å². The lowest BCUT2D eigenvalue weighted by Crippen LogP contribution is -2.31. The highest BCUT2D eigenvalue weighted by atomic mass is 32.2. The van der Waals surface area contributed by atoms with Crippen LogP contribution in [0.15, 0.2) is 53.1 Å². The SMILES string of the molecule is CN1C2=C(SC1CCNC(=O)c1cc3ccccc3[nH]1)C(=O)CC=C2. The van der Waals surface area contributed by atoms with Crippen molar-refractivity contribution < 1.29 is 9.59 Å². The number of nitrogens with zero attached hydrogens (tertiary/aromatic N) is 1. The van der Waals surface area contributed by atoms with Gasteiger partial charge in [-0.15, -0.1) is 0 Å². The highest BCUT2D eigenvalue weighted by Crippen LogP contribution is 2.41. The van der Waals surface area contributed by atoms with Gasteiger partial charge in [0.15, 0.2) is 5.78 Å². The van der Waals surface area contributed by atoms with Crippen molar-refractivity contribution in [1.82, 2.24) is 15.2 Å². The molecule has 1 aliphatic heterocycles. The van der Waals surface area contributed by atoms with Crippen molar-refractivity contribution in [3.8, 4) is 0 Å². The van der Waals surface area contributed by atoms with Gasteiger partial charge in [0.1, 0.15) is 5.69 Å². The van der Waals surface area contributed by atoms with Crippen LogP contribution in [0.3, 0.4) is 0 Å². The number of benzene rings is 1. The zero-order valence-electron chi connectivity index (χ0n) is 13.9. The van der Waals surface area contributed by atoms with Crippen molar-refractivity contribution in [2.45, 2.75) is 18.2 Å². The van der Waals surface area contributed by atoms with Gasteiger partial charge in [0.2, 0.25) is 0 Å². The summed E-state index contributed by atoms with van der Waals surface area (Å²) in [5.41, 5.74) is 2.54. The maximum Gasteiger partial charge on any atom is 0.267 e. The third kappa shape index (κ3) is 2.98. The van der Waals surface area contributed by atoms with Gasteiger partial charge < -0.3 is 15.2 Å². The highest BCUT2D eigenvalue weighted by Gasteiger charge is 2.33. The van der Waals surface area contributed by atoms with E-state index >= 15 is 0 Å². The van der Waals surface area contributed by atoms with Gasteiger partial charge in [-0.05, 0) is 24.6 Å². The van der Waals surface area contributed by atoms with Crippen LogP contribution in [0.4, 0.5) is 0 Å². The van der Waals surface area contributed by atoms with Crippen molar-refractivity contribution in [1.29, 1.82) is 0 Å². The average molecular weight is 353 g/mol. The molecule has 1 unspecified atom stereocenters. The van der Waals surface area contributed by atoms with E-state index in [2.05, 4.69) is 15.2 Å². The van der Waals surface area contributed by atoms with Crippen LogP contribution < -0.4 is 5.32 Å². The van der Waals surface area contributed by atoms with E-state index in [1.807, 2.05) is 49.5 Å². The number of nitrogens with one attached hydrogen (secondary N) is 2. The fourth-order valence-electron chi connectivity index (χ4n) is 3.22. The quantitative estimate of drug-likeness (QED) is 0.887. The van der Waals surface area contributed by atoms with E-state index in [4.69, 9.17) is 0 Å². The fraction of sp³-hybridized carbons (Fsp3) is 0.263. The van der Waals surface area contributed by atoms with E-state index in [1.54, 1.807) is 11.8 Å². The number of thioether (sulfide) groups is 1. The molecule has 128 valence electrons. The zero-order chi connectivity index (χ0) is 17.4. The standard InChI is InChI=1S/C19H19N3O2S/c1-22-15-7-4-8-16(23)18(15)25-17(22)9-10-20-19(24)14-11-12-5-2-3-6-13(12)21-14/h2-7,11,17,21H,8-10H2,1H3,(H,20,24). The second-order valence-corrected chi connectivity index (χ2v) is 7.43. The molecule has 0 radical (unpaired) electrons. The lowest BCUT2D eigenvalue weighted by Gasteiger charge is -2.23. The number of amides is 1. The molecule has 1 aliphatic carbocycles. The summed E-state index contributed by atoms with van der Waals surface area (Å²) in [6.07, 6.45) is 5.20. The number of hydrogen-bond acceptors (Lipinski definition) is 4. The van der Waals surface area contributed by atoms with Crippen LogP contribution >= 0.6 is 11.8 Å². The molecule has 2 heterocycles. The molecule has 6 heteroatoms. The number of fused-ring (bicyclic) bond motifs is 1. The first-order valence-corrected chi connectivity index (χ1v) is 9.21. The van der Waals surface area contributed by atoms with Gasteiger partial charge in [-0.1, -0.05) is 36.0 Å². The summed E-state index contributed by atoms with van der Waals surface area (Å²) in [6, 6.07) is 9.70. The molecule has 5 nitrogen and oxygen atoms in total. The number of aromatic amines is 1. The van der Waals surface area contributed by atoms with Gasteiger partial charge in [0.25, 0.3) is 5.91 Å². The number of likely N-dealkylation sites (N-methyl/N-ethyl adjacent to an activating group) is 1. The van der Waals surface area contributed by atoms with Gasteiger partial charge in [-0.3, -0.25) is 9.59 Å². The van der Waals surface area contributed by atoms with Crippen molar-refractivity contribution in [3.05, 3.63) is 58.8 Å². The van der Waals surface area contributed by atoms with E-state index < -0.39 is 0 Å². The number of H-pyrrole nitrogens is 1. The lowest BCUT2D eigenvalue weighted by atomic mass is 10.1. The summed E-state index contributed by atoms with van der Waals surface area (Å²) < 4.78 is 0. The molecule has 0 bridgehead atoms. The van der Waals surface area contributed by atoms with Crippen LogP contribution in [0.5, 0.6) is 0 Å². The molecule has 0 spiro atoms. The summed E-state index contributed by atoms with van der Waals surface area (Å²) in [6.45, 7) is 0.564. The summed E-state index contributed by atoms with van der Waals surface area (Å²) >= 11 is 1.61. The Balaban J connectivity index is 1.34. The summed E-state index contributed by atoms with van der Waals surface area (Å²) in [4.78, 5) is 30.4. The number of hydrogen-bond donors (Lipinski definition) is 2. The topological polar surface area (TPSA) is 65.2 Å². The van der Waals surface area contributed by atoms with Crippen molar-refractivity contribution in [3.63, 3.8) is 0 Å². The Hall–Kier alpha value is -2.47. The molecule has 0 saturated carbocycles. The molecule has 1 aromatic heterocycles. The van der Waals surface area contributed by atoms with Gasteiger partial charge in [0, 0.05) is 30.9 Å². The predicted octanol–water partition coefficient (Wildman–Crippen LogP) is 3.03. The van der Waals surface area contributed by atoms with Crippen molar-refractivity contribution in [2.75, 3.05) is 13.6 Å². The van der Waals surface area contributed by atoms with E-state index in [1.165, 1.54) is 0 Å². The number of Topliss-reactive ketones (excluding diaryl/α,β-unsaturated/α-hetero) is 1. The normalized spacial score (nSPS) is 19.6. The molecule has 4 rings (SSSR count). The highest BCUT2D eigenvalue weighted by molar-refractivity contribution is 8.04. The Labute approximate surface area is 150 Å². The van der Waals surface area contributed by atoms with Crippen LogP contribution in [0, 0.1) is 0 Å². The largest absolute Gasteiger partial charge is 0.361 e. The van der Waals surface area contributed by atoms with E-state index in [-0.39, 0.29) is 17.1 Å². The smallest absolute Gasteiger partial charge is 0.267 e. The molecule has 1 aromatic carbocycles. The molecule has 0 fully saturated rings. The maximum absolute atomic E-state index is 12.3. The number of rotatable bonds is 4. The summed E-state index contributed by atoms with van der Waals surface area (Å²) in [5, 5.41) is 4.18. The van der Waals surface area contributed by atoms with E-state index in [9.17, 15) is 9.59 Å². The summed E-state index contributed by atoms with van der Waals surface area (Å²) in [5.74, 6) is 0.0921. The Morgan fingerprint density at radius 3 is 3.04 bits per heavy atom. The minimum atomic E-state index is -0.101. The molecule has 2 N–H and O–H groups in total. The molecule has 25 heavy (non-hydrogen) atoms. The van der Waals surface area contributed by atoms with Crippen molar-refractivity contribution >= 4 is 34.4 Å². The fourth-order valence-corrected chi connectivity index (χ4v) is 4.54. The minimum absolute atomic E-state index is 0.101. The second-order valence-electron chi connectivity index (χ2n) is 6.24. The van der Waals surface area contributed by atoms with Gasteiger partial charge in [-0.25, -0.2) is 0 Å². The first kappa shape index (κ1) is 16.0. The number of allylic oxidation sites excluding steroid dienone is 3. The van der Waals surface area contributed by atoms with Gasteiger partial charge in [0.05, 0.1) is 16.0 Å². The molecular weight excluding hydrogens is 334 g/mol. The number of carbonyl (C=O) groups excluding carboxylic acids is 2. The third-order valence-corrected chi connectivity index (χ3v) is 6.08. The Bertz CT molecular complexity index is 879. The Kier molecular flexibility index (Phi) is 4.13. The Morgan fingerprint density at radius 1 is 1.40 bits per heavy atom. The number of aromatic nitrogens is 1. The van der Waals surface area contributed by atoms with Crippen LogP contribution in [-0.4, -0.2) is 40.5 Å². The average Bonchev–Trinajstić information content (AvgIpc) is 3.18. The lowest BCUT2D eigenvalue weighted by molar-refractivity contribution is -0.114. The monoisotopic (exact) mass is 353 g/mol. The van der Waals surface area contributed by atoms with Crippen LogP contribution in [0.2, 0.25) is 0 Å². The van der Waals surface area contributed by atoms with Crippen LogP contribution in [-0.2, 0) is 4.79 Å². The first-order valence-electron chi connectivity index (χ1n) is 8.33. The zero-order valence-corrected chi connectivity index (χ0v) is 14.7. The van der Waals surface area contributed by atoms with E-state index in [0.29, 0.717) is 18.7 Å². The van der Waals surface area contributed by atoms with Gasteiger partial charge >= 0.3 is 0 Å². The first-order chi connectivity index (χ1) is 12.1. The molecule has 1 amide bonds. The molecule has 2 aromatic rings. The molecule has 2 aliphatic rings. The predicted molar refractivity (Wildman–Crippen MR) is 100 cm³/mol. The number of para-hydroxylation sites is 1.